The number of carbonyl (C=O) groups is 2. The summed E-state index contributed by atoms with van der Waals surface area (Å²) in [7, 11) is 0. The molecule has 1 amide bonds. The summed E-state index contributed by atoms with van der Waals surface area (Å²) in [4.78, 5) is 24.2. The summed E-state index contributed by atoms with van der Waals surface area (Å²) in [6, 6.07) is 25.7. The number of hydrogen-bond acceptors (Lipinski definition) is 5. The van der Waals surface area contributed by atoms with Crippen LogP contribution in [0.4, 0.5) is 0 Å². The van der Waals surface area contributed by atoms with Crippen LogP contribution in [-0.4, -0.2) is 23.3 Å². The molecule has 0 bridgehead atoms. The second kappa shape index (κ2) is 11.0. The molecule has 5 nitrogen and oxygen atoms in total. The normalized spacial score (nSPS) is 11.8. The second-order valence-corrected chi connectivity index (χ2v) is 7.83. The van der Waals surface area contributed by atoms with Crippen LogP contribution in [0.1, 0.15) is 28.4 Å². The van der Waals surface area contributed by atoms with E-state index in [1.165, 1.54) is 5.56 Å². The number of amides is 1. The van der Waals surface area contributed by atoms with Gasteiger partial charge in [-0.2, -0.15) is 5.10 Å². The molecule has 3 rings (SSSR count). The topological polar surface area (TPSA) is 67.8 Å². The Bertz CT molecular complexity index is 990. The summed E-state index contributed by atoms with van der Waals surface area (Å²) in [6.07, 6.45) is 1.55. The fourth-order valence-electron chi connectivity index (χ4n) is 2.49. The van der Waals surface area contributed by atoms with Crippen molar-refractivity contribution < 1.29 is 14.3 Å². The molecule has 6 heteroatoms. The maximum Gasteiger partial charge on any atom is 0.343 e. The molecule has 0 aliphatic rings. The number of carbonyl (C=O) groups excluding carboxylic acids is 2. The summed E-state index contributed by atoms with van der Waals surface area (Å²) in [6.45, 7) is 1.86. The molecule has 0 spiro atoms. The highest BCUT2D eigenvalue weighted by molar-refractivity contribution is 7.99. The van der Waals surface area contributed by atoms with Gasteiger partial charge < -0.3 is 4.74 Å². The summed E-state index contributed by atoms with van der Waals surface area (Å²) >= 11 is 1.56. The number of esters is 1. The average molecular weight is 419 g/mol. The van der Waals surface area contributed by atoms with Crippen LogP contribution in [0.15, 0.2) is 90.0 Å². The Balaban J connectivity index is 1.45. The van der Waals surface area contributed by atoms with E-state index in [1.54, 1.807) is 66.5 Å². The third kappa shape index (κ3) is 6.60. The predicted molar refractivity (Wildman–Crippen MR) is 121 cm³/mol. The SMILES string of the molecule is C[C@H](SCc1ccccc1)C(=O)N/N=C\c1ccc(OC(=O)c2ccccc2)cc1. The van der Waals surface area contributed by atoms with Gasteiger partial charge in [-0.1, -0.05) is 48.5 Å². The van der Waals surface area contributed by atoms with Gasteiger partial charge in [0.15, 0.2) is 0 Å². The van der Waals surface area contributed by atoms with Gasteiger partial charge in [0.2, 0.25) is 0 Å². The minimum atomic E-state index is -0.411. The molecule has 3 aromatic rings. The number of ether oxygens (including phenoxy) is 1. The zero-order chi connectivity index (χ0) is 21.2. The predicted octanol–water partition coefficient (Wildman–Crippen LogP) is 4.68. The molecule has 152 valence electrons. The molecule has 30 heavy (non-hydrogen) atoms. The zero-order valence-electron chi connectivity index (χ0n) is 16.5. The molecule has 1 N–H and O–H groups in total. The lowest BCUT2D eigenvalue weighted by molar-refractivity contribution is -0.120. The van der Waals surface area contributed by atoms with E-state index in [9.17, 15) is 9.59 Å². The Morgan fingerprint density at radius 2 is 1.60 bits per heavy atom. The van der Waals surface area contributed by atoms with Crippen molar-refractivity contribution in [2.75, 3.05) is 0 Å². The summed E-state index contributed by atoms with van der Waals surface area (Å²) in [5, 5.41) is 3.79. The number of nitrogens with zero attached hydrogens (tertiary/aromatic N) is 1. The highest BCUT2D eigenvalue weighted by atomic mass is 32.2. The lowest BCUT2D eigenvalue weighted by Crippen LogP contribution is -2.26. The van der Waals surface area contributed by atoms with Crippen molar-refractivity contribution in [3.8, 4) is 5.75 Å². The Kier molecular flexibility index (Phi) is 7.80. The molecule has 0 radical (unpaired) electrons. The fraction of sp³-hybridized carbons (Fsp3) is 0.125. The van der Waals surface area contributed by atoms with Crippen LogP contribution >= 0.6 is 11.8 Å². The fourth-order valence-corrected chi connectivity index (χ4v) is 3.33. The molecule has 0 heterocycles. The molecular weight excluding hydrogens is 396 g/mol. The van der Waals surface area contributed by atoms with Crippen molar-refractivity contribution in [3.05, 3.63) is 102 Å². The molecule has 0 aliphatic carbocycles. The maximum absolute atomic E-state index is 12.2. The highest BCUT2D eigenvalue weighted by Gasteiger charge is 2.12. The van der Waals surface area contributed by atoms with Gasteiger partial charge in [-0.3, -0.25) is 4.79 Å². The van der Waals surface area contributed by atoms with Crippen molar-refractivity contribution >= 4 is 29.9 Å². The number of nitrogens with one attached hydrogen (secondary N) is 1. The Morgan fingerprint density at radius 1 is 0.967 bits per heavy atom. The van der Waals surface area contributed by atoms with Gasteiger partial charge in [0.05, 0.1) is 17.0 Å². The molecule has 0 fully saturated rings. The van der Waals surface area contributed by atoms with Crippen molar-refractivity contribution in [2.45, 2.75) is 17.9 Å². The minimum absolute atomic E-state index is 0.152. The van der Waals surface area contributed by atoms with Gasteiger partial charge in [0.1, 0.15) is 5.75 Å². The van der Waals surface area contributed by atoms with Crippen molar-refractivity contribution in [2.24, 2.45) is 5.10 Å². The lowest BCUT2D eigenvalue weighted by Gasteiger charge is -2.09. The number of rotatable bonds is 8. The number of benzene rings is 3. The zero-order valence-corrected chi connectivity index (χ0v) is 17.3. The quantitative estimate of drug-likeness (QED) is 0.250. The number of hydrazone groups is 1. The van der Waals surface area contributed by atoms with Gasteiger partial charge in [0, 0.05) is 5.75 Å². The third-order valence-corrected chi connectivity index (χ3v) is 5.41. The smallest absolute Gasteiger partial charge is 0.343 e. The maximum atomic E-state index is 12.2. The second-order valence-electron chi connectivity index (χ2n) is 6.50. The van der Waals surface area contributed by atoms with Gasteiger partial charge in [-0.05, 0) is 54.4 Å². The van der Waals surface area contributed by atoms with E-state index in [2.05, 4.69) is 10.5 Å². The van der Waals surface area contributed by atoms with Crippen LogP contribution in [0.5, 0.6) is 5.75 Å². The first-order chi connectivity index (χ1) is 14.6. The molecule has 1 atom stereocenters. The lowest BCUT2D eigenvalue weighted by atomic mass is 10.2. The first-order valence-corrected chi connectivity index (χ1v) is 10.5. The Hall–Kier alpha value is -3.38. The van der Waals surface area contributed by atoms with Gasteiger partial charge in [0.25, 0.3) is 5.91 Å². The van der Waals surface area contributed by atoms with E-state index in [0.717, 1.165) is 11.3 Å². The standard InChI is InChI=1S/C24H22N2O3S/c1-18(30-17-20-8-4-2-5-9-20)23(27)26-25-16-19-12-14-22(15-13-19)29-24(28)21-10-6-3-7-11-21/h2-16,18H,17H2,1H3,(H,26,27)/b25-16-/t18-/m0/s1. The number of hydrogen-bond donors (Lipinski definition) is 1. The van der Waals surface area contributed by atoms with E-state index in [-0.39, 0.29) is 11.2 Å². The van der Waals surface area contributed by atoms with Crippen LogP contribution < -0.4 is 10.2 Å². The van der Waals surface area contributed by atoms with Crippen LogP contribution in [0, 0.1) is 0 Å². The van der Waals surface area contributed by atoms with E-state index in [0.29, 0.717) is 11.3 Å². The Morgan fingerprint density at radius 3 is 2.27 bits per heavy atom. The molecule has 3 aromatic carbocycles. The van der Waals surface area contributed by atoms with Crippen molar-refractivity contribution in [1.29, 1.82) is 0 Å². The molecule has 0 saturated carbocycles. The first kappa shape index (κ1) is 21.3. The Labute approximate surface area is 180 Å². The van der Waals surface area contributed by atoms with Gasteiger partial charge in [-0.25, -0.2) is 10.2 Å². The number of thioether (sulfide) groups is 1. The molecule has 0 aliphatic heterocycles. The van der Waals surface area contributed by atoms with Gasteiger partial charge >= 0.3 is 5.97 Å². The third-order valence-electron chi connectivity index (χ3n) is 4.20. The van der Waals surface area contributed by atoms with E-state index < -0.39 is 5.97 Å². The first-order valence-electron chi connectivity index (χ1n) is 9.47. The van der Waals surface area contributed by atoms with Crippen LogP contribution in [0.3, 0.4) is 0 Å². The average Bonchev–Trinajstić information content (AvgIpc) is 2.79. The van der Waals surface area contributed by atoms with Gasteiger partial charge in [-0.15, -0.1) is 11.8 Å². The van der Waals surface area contributed by atoms with E-state index in [1.807, 2.05) is 43.3 Å². The van der Waals surface area contributed by atoms with E-state index in [4.69, 9.17) is 4.74 Å². The summed E-state index contributed by atoms with van der Waals surface area (Å²) < 4.78 is 5.34. The molecular formula is C24H22N2O3S. The summed E-state index contributed by atoms with van der Waals surface area (Å²) in [5.74, 6) is 0.644. The highest BCUT2D eigenvalue weighted by Crippen LogP contribution is 2.17. The minimum Gasteiger partial charge on any atom is -0.423 e. The van der Waals surface area contributed by atoms with Crippen molar-refractivity contribution in [1.82, 2.24) is 5.43 Å². The largest absolute Gasteiger partial charge is 0.423 e. The van der Waals surface area contributed by atoms with Crippen molar-refractivity contribution in [3.63, 3.8) is 0 Å². The molecule has 0 aromatic heterocycles. The molecule has 0 saturated heterocycles. The van der Waals surface area contributed by atoms with Crippen LogP contribution in [0.25, 0.3) is 0 Å². The van der Waals surface area contributed by atoms with Crippen LogP contribution in [0.2, 0.25) is 0 Å². The monoisotopic (exact) mass is 418 g/mol. The summed E-state index contributed by atoms with van der Waals surface area (Å²) in [5.41, 5.74) is 5.01. The molecule has 0 unspecified atom stereocenters. The van der Waals surface area contributed by atoms with Crippen LogP contribution in [-0.2, 0) is 10.5 Å². The van der Waals surface area contributed by atoms with E-state index >= 15 is 0 Å².